The number of aromatic carboxylic acids is 1. The van der Waals surface area contributed by atoms with Crippen molar-refractivity contribution in [1.29, 1.82) is 0 Å². The van der Waals surface area contributed by atoms with Gasteiger partial charge >= 0.3 is 5.97 Å². The molecule has 0 saturated carbocycles. The van der Waals surface area contributed by atoms with E-state index in [1.54, 1.807) is 25.1 Å². The molecule has 9 heteroatoms. The van der Waals surface area contributed by atoms with Crippen molar-refractivity contribution >= 4 is 69.2 Å². The Morgan fingerprint density at radius 3 is 2.67 bits per heavy atom. The molecule has 2 aromatic rings. The van der Waals surface area contributed by atoms with Crippen LogP contribution in [0.3, 0.4) is 0 Å². The minimum absolute atomic E-state index is 0.0268. The average molecular weight is 419 g/mol. The van der Waals surface area contributed by atoms with Crippen LogP contribution in [0.15, 0.2) is 46.7 Å². The molecule has 0 spiro atoms. The summed E-state index contributed by atoms with van der Waals surface area (Å²) >= 11 is 7.91. The normalized spacial score (nSPS) is 16.6. The summed E-state index contributed by atoms with van der Waals surface area (Å²) < 4.78 is 0.289. The Bertz CT molecular complexity index is 953. The van der Waals surface area contributed by atoms with Gasteiger partial charge in [0.15, 0.2) is 0 Å². The van der Waals surface area contributed by atoms with Gasteiger partial charge in [-0.3, -0.25) is 14.5 Å². The van der Waals surface area contributed by atoms with Crippen LogP contribution >= 0.6 is 35.3 Å². The number of nitrogens with zero attached hydrogens (tertiary/aromatic N) is 1. The third-order valence-electron chi connectivity index (χ3n) is 3.82. The van der Waals surface area contributed by atoms with Crippen LogP contribution in [-0.4, -0.2) is 38.2 Å². The highest BCUT2D eigenvalue weighted by molar-refractivity contribution is 8.26. The Labute approximate surface area is 168 Å². The highest BCUT2D eigenvalue weighted by Crippen LogP contribution is 2.34. The van der Waals surface area contributed by atoms with Crippen molar-refractivity contribution in [3.8, 4) is 0 Å². The number of carboxylic acid groups (broad SMARTS) is 1. The number of thiophene rings is 1. The van der Waals surface area contributed by atoms with E-state index in [4.69, 9.17) is 12.2 Å². The Hall–Kier alpha value is -2.49. The van der Waals surface area contributed by atoms with E-state index in [1.165, 1.54) is 28.4 Å². The monoisotopic (exact) mass is 418 g/mol. The first-order chi connectivity index (χ1) is 12.9. The van der Waals surface area contributed by atoms with Gasteiger partial charge in [0.1, 0.15) is 10.4 Å². The predicted octanol–water partition coefficient (Wildman–Crippen LogP) is 3.67. The standard InChI is InChI=1S/C18H14N2O4S3/c1-10(15(21)19-13-7-3-2-6-12(13)17(23)24)20-16(22)14(27-18(20)25)9-11-5-4-8-26-11/h2-10H,1H3,(H,19,21)(H,23,24)/b14-9+. The molecule has 1 aliphatic rings. The maximum Gasteiger partial charge on any atom is 0.337 e. The molecule has 0 radical (unpaired) electrons. The number of hydrogen-bond donors (Lipinski definition) is 2. The minimum Gasteiger partial charge on any atom is -0.478 e. The number of thiocarbonyl (C=S) groups is 1. The molecule has 1 fully saturated rings. The first-order valence-corrected chi connectivity index (χ1v) is 9.92. The lowest BCUT2D eigenvalue weighted by Gasteiger charge is -2.22. The predicted molar refractivity (Wildman–Crippen MR) is 111 cm³/mol. The maximum atomic E-state index is 12.7. The lowest BCUT2D eigenvalue weighted by atomic mass is 10.1. The van der Waals surface area contributed by atoms with Gasteiger partial charge in [0, 0.05) is 4.88 Å². The van der Waals surface area contributed by atoms with E-state index >= 15 is 0 Å². The van der Waals surface area contributed by atoms with E-state index in [0.29, 0.717) is 4.91 Å². The number of benzene rings is 1. The van der Waals surface area contributed by atoms with Gasteiger partial charge in [-0.2, -0.15) is 0 Å². The second-order valence-corrected chi connectivity index (χ2v) is 8.24. The molecule has 2 N–H and O–H groups in total. The summed E-state index contributed by atoms with van der Waals surface area (Å²) in [6, 6.07) is 8.97. The Morgan fingerprint density at radius 1 is 1.26 bits per heavy atom. The highest BCUT2D eigenvalue weighted by Gasteiger charge is 2.38. The van der Waals surface area contributed by atoms with Gasteiger partial charge in [0.05, 0.1) is 16.2 Å². The number of carboxylic acids is 1. The Kier molecular flexibility index (Phi) is 5.73. The molecule has 6 nitrogen and oxygen atoms in total. The summed E-state index contributed by atoms with van der Waals surface area (Å²) in [5.41, 5.74) is 0.141. The first-order valence-electron chi connectivity index (χ1n) is 7.82. The molecule has 1 saturated heterocycles. The van der Waals surface area contributed by atoms with Gasteiger partial charge in [-0.15, -0.1) is 11.3 Å². The smallest absolute Gasteiger partial charge is 0.337 e. The van der Waals surface area contributed by atoms with Crippen LogP contribution in [-0.2, 0) is 9.59 Å². The Morgan fingerprint density at radius 2 is 2.00 bits per heavy atom. The van der Waals surface area contributed by atoms with Crippen molar-refractivity contribution in [2.75, 3.05) is 5.32 Å². The minimum atomic E-state index is -1.15. The van der Waals surface area contributed by atoms with Gasteiger partial charge in [-0.05, 0) is 36.6 Å². The van der Waals surface area contributed by atoms with Gasteiger partial charge in [0.25, 0.3) is 5.91 Å². The van der Waals surface area contributed by atoms with Gasteiger partial charge in [0.2, 0.25) is 5.91 Å². The number of amides is 2. The van der Waals surface area contributed by atoms with Gasteiger partial charge < -0.3 is 10.4 Å². The van der Waals surface area contributed by atoms with E-state index in [1.807, 2.05) is 17.5 Å². The molecule has 2 heterocycles. The fourth-order valence-corrected chi connectivity index (χ4v) is 4.59. The molecule has 2 amide bonds. The molecule has 1 atom stereocenters. The summed E-state index contributed by atoms with van der Waals surface area (Å²) in [5.74, 6) is -2.01. The zero-order valence-electron chi connectivity index (χ0n) is 14.0. The zero-order valence-corrected chi connectivity index (χ0v) is 16.5. The zero-order chi connectivity index (χ0) is 19.6. The number of anilines is 1. The van der Waals surface area contributed by atoms with E-state index in [9.17, 15) is 19.5 Å². The van der Waals surface area contributed by atoms with Crippen molar-refractivity contribution in [2.45, 2.75) is 13.0 Å². The van der Waals surface area contributed by atoms with Crippen LogP contribution in [0.25, 0.3) is 6.08 Å². The number of carbonyl (C=O) groups is 3. The fourth-order valence-electron chi connectivity index (χ4n) is 2.45. The van der Waals surface area contributed by atoms with Gasteiger partial charge in [-0.1, -0.05) is 42.2 Å². The van der Waals surface area contributed by atoms with Crippen molar-refractivity contribution in [3.05, 3.63) is 57.1 Å². The van der Waals surface area contributed by atoms with Crippen molar-refractivity contribution in [1.82, 2.24) is 4.90 Å². The molecule has 3 rings (SSSR count). The summed E-state index contributed by atoms with van der Waals surface area (Å²) in [6.07, 6.45) is 1.74. The Balaban J connectivity index is 1.78. The highest BCUT2D eigenvalue weighted by atomic mass is 32.2. The van der Waals surface area contributed by atoms with E-state index in [2.05, 4.69) is 5.32 Å². The van der Waals surface area contributed by atoms with Crippen LogP contribution in [0, 0.1) is 0 Å². The van der Waals surface area contributed by atoms with Crippen molar-refractivity contribution < 1.29 is 19.5 Å². The fraction of sp³-hybridized carbons (Fsp3) is 0.111. The molecule has 138 valence electrons. The molecule has 1 aromatic carbocycles. The molecule has 0 aliphatic carbocycles. The third kappa shape index (κ3) is 4.10. The summed E-state index contributed by atoms with van der Waals surface area (Å²) in [6.45, 7) is 1.55. The lowest BCUT2D eigenvalue weighted by molar-refractivity contribution is -0.129. The SMILES string of the molecule is CC(C(=O)Nc1ccccc1C(=O)O)N1C(=O)/C(=C\c2cccs2)SC1=S. The number of para-hydroxylation sites is 1. The molecular weight excluding hydrogens is 404 g/mol. The van der Waals surface area contributed by atoms with Crippen molar-refractivity contribution in [3.63, 3.8) is 0 Å². The van der Waals surface area contributed by atoms with Crippen LogP contribution in [0.4, 0.5) is 5.69 Å². The van der Waals surface area contributed by atoms with E-state index in [-0.39, 0.29) is 21.5 Å². The first kappa shape index (κ1) is 19.3. The number of thioether (sulfide) groups is 1. The molecule has 1 aliphatic heterocycles. The second kappa shape index (κ2) is 8.03. The molecule has 1 unspecified atom stereocenters. The average Bonchev–Trinajstić information content (AvgIpc) is 3.23. The quantitative estimate of drug-likeness (QED) is 0.569. The van der Waals surface area contributed by atoms with Crippen LogP contribution in [0.1, 0.15) is 22.2 Å². The maximum absolute atomic E-state index is 12.7. The second-order valence-electron chi connectivity index (χ2n) is 5.58. The topological polar surface area (TPSA) is 86.7 Å². The number of carbonyl (C=O) groups excluding carboxylic acids is 2. The number of hydrogen-bond acceptors (Lipinski definition) is 6. The molecule has 0 bridgehead atoms. The molecular formula is C18H14N2O4S3. The molecule has 1 aromatic heterocycles. The van der Waals surface area contributed by atoms with Crippen molar-refractivity contribution in [2.24, 2.45) is 0 Å². The summed E-state index contributed by atoms with van der Waals surface area (Å²) in [5, 5.41) is 13.7. The lowest BCUT2D eigenvalue weighted by Crippen LogP contribution is -2.44. The third-order valence-corrected chi connectivity index (χ3v) is 5.97. The molecule has 27 heavy (non-hydrogen) atoms. The van der Waals surface area contributed by atoms with Crippen LogP contribution < -0.4 is 5.32 Å². The number of nitrogens with one attached hydrogen (secondary N) is 1. The van der Waals surface area contributed by atoms with E-state index < -0.39 is 17.9 Å². The van der Waals surface area contributed by atoms with E-state index in [0.717, 1.165) is 16.6 Å². The van der Waals surface area contributed by atoms with Crippen LogP contribution in [0.2, 0.25) is 0 Å². The summed E-state index contributed by atoms with van der Waals surface area (Å²) in [7, 11) is 0. The van der Waals surface area contributed by atoms with Crippen LogP contribution in [0.5, 0.6) is 0 Å². The summed E-state index contributed by atoms with van der Waals surface area (Å²) in [4.78, 5) is 39.2. The van der Waals surface area contributed by atoms with Gasteiger partial charge in [-0.25, -0.2) is 4.79 Å². The largest absolute Gasteiger partial charge is 0.478 e. The number of rotatable bonds is 5.